The molecular formula is C27H25NO6. The summed E-state index contributed by atoms with van der Waals surface area (Å²) in [4.78, 5) is 26.2. The van der Waals surface area contributed by atoms with E-state index in [2.05, 4.69) is 5.32 Å². The first-order valence-electron chi connectivity index (χ1n) is 10.7. The van der Waals surface area contributed by atoms with Crippen LogP contribution in [0.15, 0.2) is 69.9 Å². The molecule has 0 saturated heterocycles. The van der Waals surface area contributed by atoms with Gasteiger partial charge in [-0.05, 0) is 36.8 Å². The highest BCUT2D eigenvalue weighted by molar-refractivity contribution is 6.05. The van der Waals surface area contributed by atoms with Gasteiger partial charge in [0, 0.05) is 17.7 Å². The zero-order valence-electron chi connectivity index (χ0n) is 19.4. The molecule has 7 nitrogen and oxygen atoms in total. The number of methoxy groups -OCH3 is 3. The molecule has 0 saturated carbocycles. The van der Waals surface area contributed by atoms with Crippen molar-refractivity contribution in [1.82, 2.24) is 5.32 Å². The average molecular weight is 459 g/mol. The Morgan fingerprint density at radius 2 is 1.59 bits per heavy atom. The minimum absolute atomic E-state index is 0.167. The van der Waals surface area contributed by atoms with E-state index in [1.165, 1.54) is 21.3 Å². The summed E-state index contributed by atoms with van der Waals surface area (Å²) in [5, 5.41) is 3.25. The molecule has 4 aromatic rings. The third-order valence-corrected chi connectivity index (χ3v) is 5.60. The molecule has 0 aliphatic carbocycles. The Kier molecular flexibility index (Phi) is 6.54. The fourth-order valence-electron chi connectivity index (χ4n) is 3.87. The zero-order valence-corrected chi connectivity index (χ0v) is 19.4. The van der Waals surface area contributed by atoms with Crippen LogP contribution in [0.1, 0.15) is 21.5 Å². The average Bonchev–Trinajstić information content (AvgIpc) is 2.88. The third kappa shape index (κ3) is 4.20. The molecule has 0 radical (unpaired) electrons. The number of rotatable bonds is 7. The van der Waals surface area contributed by atoms with E-state index in [9.17, 15) is 9.59 Å². The fraction of sp³-hybridized carbons (Fsp3) is 0.185. The van der Waals surface area contributed by atoms with Gasteiger partial charge in [-0.25, -0.2) is 0 Å². The van der Waals surface area contributed by atoms with Gasteiger partial charge in [-0.1, -0.05) is 36.4 Å². The molecule has 0 aliphatic rings. The van der Waals surface area contributed by atoms with Crippen molar-refractivity contribution in [3.63, 3.8) is 0 Å². The number of hydrogen-bond donors (Lipinski definition) is 1. The molecular weight excluding hydrogens is 434 g/mol. The first-order valence-corrected chi connectivity index (χ1v) is 10.7. The fourth-order valence-corrected chi connectivity index (χ4v) is 3.87. The number of nitrogens with one attached hydrogen (secondary N) is 1. The van der Waals surface area contributed by atoms with E-state index in [1.807, 2.05) is 30.3 Å². The van der Waals surface area contributed by atoms with Crippen LogP contribution in [0.25, 0.3) is 22.3 Å². The first kappa shape index (κ1) is 22.9. The maximum absolute atomic E-state index is 13.1. The van der Waals surface area contributed by atoms with E-state index in [1.54, 1.807) is 37.3 Å². The molecule has 4 rings (SSSR count). The van der Waals surface area contributed by atoms with Crippen molar-refractivity contribution < 1.29 is 23.4 Å². The highest BCUT2D eigenvalue weighted by Gasteiger charge is 2.19. The van der Waals surface area contributed by atoms with E-state index in [4.69, 9.17) is 18.6 Å². The van der Waals surface area contributed by atoms with Gasteiger partial charge in [0.25, 0.3) is 5.91 Å². The van der Waals surface area contributed by atoms with Crippen LogP contribution < -0.4 is 25.0 Å². The molecule has 0 unspecified atom stereocenters. The van der Waals surface area contributed by atoms with Crippen LogP contribution in [0, 0.1) is 6.92 Å². The lowest BCUT2D eigenvalue weighted by Gasteiger charge is -2.15. The summed E-state index contributed by atoms with van der Waals surface area (Å²) in [6.45, 7) is 1.93. The van der Waals surface area contributed by atoms with E-state index in [-0.39, 0.29) is 29.0 Å². The monoisotopic (exact) mass is 459 g/mol. The quantitative estimate of drug-likeness (QED) is 0.430. The van der Waals surface area contributed by atoms with Crippen molar-refractivity contribution in [1.29, 1.82) is 0 Å². The molecule has 0 bridgehead atoms. The molecule has 174 valence electrons. The second-order valence-corrected chi connectivity index (χ2v) is 7.65. The number of ether oxygens (including phenoxy) is 3. The summed E-state index contributed by atoms with van der Waals surface area (Å²) < 4.78 is 22.3. The zero-order chi connectivity index (χ0) is 24.2. The molecule has 0 fully saturated rings. The van der Waals surface area contributed by atoms with Crippen LogP contribution in [0.5, 0.6) is 17.2 Å². The Hall–Kier alpha value is -4.26. The van der Waals surface area contributed by atoms with E-state index in [0.29, 0.717) is 34.0 Å². The highest BCUT2D eigenvalue weighted by atomic mass is 16.5. The highest BCUT2D eigenvalue weighted by Crippen LogP contribution is 2.38. The van der Waals surface area contributed by atoms with E-state index >= 15 is 0 Å². The number of hydrogen-bond acceptors (Lipinski definition) is 6. The van der Waals surface area contributed by atoms with Crippen molar-refractivity contribution in [2.45, 2.75) is 13.5 Å². The minimum atomic E-state index is -0.370. The van der Waals surface area contributed by atoms with Gasteiger partial charge in [-0.2, -0.15) is 0 Å². The van der Waals surface area contributed by atoms with Crippen LogP contribution in [0.4, 0.5) is 0 Å². The Labute approximate surface area is 196 Å². The van der Waals surface area contributed by atoms with Crippen molar-refractivity contribution in [3.05, 3.63) is 87.6 Å². The standard InChI is InChI=1S/C27H25NO6/c1-16-23(29)19-11-8-12-20(25(19)34-24(16)18-9-6-5-7-10-18)27(30)28-15-17-13-21(31-2)26(33-4)22(14-17)32-3/h5-14H,15H2,1-4H3,(H,28,30). The predicted molar refractivity (Wildman–Crippen MR) is 130 cm³/mol. The lowest BCUT2D eigenvalue weighted by atomic mass is 10.0. The molecule has 3 aromatic carbocycles. The van der Waals surface area contributed by atoms with Gasteiger partial charge in [-0.3, -0.25) is 9.59 Å². The maximum atomic E-state index is 13.1. The lowest BCUT2D eigenvalue weighted by molar-refractivity contribution is 0.0951. The number of fused-ring (bicyclic) bond motifs is 1. The molecule has 1 heterocycles. The van der Waals surface area contributed by atoms with Crippen LogP contribution in [-0.4, -0.2) is 27.2 Å². The number of amides is 1. The lowest BCUT2D eigenvalue weighted by Crippen LogP contribution is -2.23. The molecule has 1 aromatic heterocycles. The molecule has 0 spiro atoms. The second kappa shape index (κ2) is 9.70. The molecule has 34 heavy (non-hydrogen) atoms. The number of benzene rings is 3. The van der Waals surface area contributed by atoms with Crippen LogP contribution in [0.2, 0.25) is 0 Å². The van der Waals surface area contributed by atoms with Gasteiger partial charge < -0.3 is 23.9 Å². The number of carbonyl (C=O) groups excluding carboxylic acids is 1. The van der Waals surface area contributed by atoms with Crippen molar-refractivity contribution >= 4 is 16.9 Å². The Bertz CT molecular complexity index is 1380. The number of para-hydroxylation sites is 1. The molecule has 0 atom stereocenters. The van der Waals surface area contributed by atoms with Gasteiger partial charge >= 0.3 is 0 Å². The molecule has 1 amide bonds. The first-order chi connectivity index (χ1) is 16.5. The second-order valence-electron chi connectivity index (χ2n) is 7.65. The normalized spacial score (nSPS) is 10.7. The SMILES string of the molecule is COc1cc(CNC(=O)c2cccc3c(=O)c(C)c(-c4ccccc4)oc23)cc(OC)c1OC. The summed E-state index contributed by atoms with van der Waals surface area (Å²) >= 11 is 0. The van der Waals surface area contributed by atoms with Crippen molar-refractivity contribution in [2.75, 3.05) is 21.3 Å². The van der Waals surface area contributed by atoms with Crippen LogP contribution >= 0.6 is 0 Å². The minimum Gasteiger partial charge on any atom is -0.493 e. The van der Waals surface area contributed by atoms with Gasteiger partial charge in [0.15, 0.2) is 22.5 Å². The Balaban J connectivity index is 1.70. The summed E-state index contributed by atoms with van der Waals surface area (Å²) in [6, 6.07) is 17.9. The summed E-state index contributed by atoms with van der Waals surface area (Å²) in [5.74, 6) is 1.53. The molecule has 7 heteroatoms. The number of carbonyl (C=O) groups is 1. The van der Waals surface area contributed by atoms with Gasteiger partial charge in [-0.15, -0.1) is 0 Å². The summed E-state index contributed by atoms with van der Waals surface area (Å²) in [7, 11) is 4.59. The third-order valence-electron chi connectivity index (χ3n) is 5.60. The Morgan fingerprint density at radius 3 is 2.21 bits per heavy atom. The predicted octanol–water partition coefficient (Wildman–Crippen LogP) is 4.72. The summed E-state index contributed by atoms with van der Waals surface area (Å²) in [5.41, 5.74) is 2.38. The van der Waals surface area contributed by atoms with Crippen molar-refractivity contribution in [3.8, 4) is 28.6 Å². The van der Waals surface area contributed by atoms with Gasteiger partial charge in [0.2, 0.25) is 5.75 Å². The molecule has 1 N–H and O–H groups in total. The van der Waals surface area contributed by atoms with Gasteiger partial charge in [0.05, 0.1) is 32.3 Å². The summed E-state index contributed by atoms with van der Waals surface area (Å²) in [6.07, 6.45) is 0. The van der Waals surface area contributed by atoms with Crippen LogP contribution in [-0.2, 0) is 6.54 Å². The van der Waals surface area contributed by atoms with Crippen molar-refractivity contribution in [2.24, 2.45) is 0 Å². The molecule has 0 aliphatic heterocycles. The topological polar surface area (TPSA) is 87.0 Å². The van der Waals surface area contributed by atoms with Gasteiger partial charge in [0.1, 0.15) is 5.76 Å². The van der Waals surface area contributed by atoms with Crippen LogP contribution in [0.3, 0.4) is 0 Å². The Morgan fingerprint density at radius 1 is 0.912 bits per heavy atom. The maximum Gasteiger partial charge on any atom is 0.255 e. The largest absolute Gasteiger partial charge is 0.493 e. The smallest absolute Gasteiger partial charge is 0.255 e. The van der Waals surface area contributed by atoms with E-state index < -0.39 is 0 Å². The van der Waals surface area contributed by atoms with E-state index in [0.717, 1.165) is 11.1 Å².